The summed E-state index contributed by atoms with van der Waals surface area (Å²) in [5.41, 5.74) is 6.75. The Kier molecular flexibility index (Phi) is 2.78. The van der Waals surface area contributed by atoms with Crippen LogP contribution in [0.4, 0.5) is 5.69 Å². The molecule has 0 fully saturated rings. The first-order valence-corrected chi connectivity index (χ1v) is 5.41. The van der Waals surface area contributed by atoms with Gasteiger partial charge in [0.05, 0.1) is 6.61 Å². The van der Waals surface area contributed by atoms with E-state index in [0.717, 1.165) is 17.7 Å². The molecule has 2 atom stereocenters. The molecule has 0 aromatic heterocycles. The molecule has 1 aliphatic heterocycles. The molecule has 0 spiro atoms. The molecule has 0 saturated carbocycles. The molecule has 0 radical (unpaired) electrons. The SMILES string of the molecule is CC1(C(O)CO)CCc2cc(N)ccc2O1. The van der Waals surface area contributed by atoms with Crippen molar-refractivity contribution >= 4 is 5.69 Å². The number of benzene rings is 1. The zero-order valence-corrected chi connectivity index (χ0v) is 9.31. The van der Waals surface area contributed by atoms with Crippen molar-refractivity contribution in [2.24, 2.45) is 0 Å². The lowest BCUT2D eigenvalue weighted by molar-refractivity contribution is -0.0762. The molecule has 16 heavy (non-hydrogen) atoms. The van der Waals surface area contributed by atoms with Crippen molar-refractivity contribution in [1.82, 2.24) is 0 Å². The Hall–Kier alpha value is -1.26. The molecule has 2 unspecified atom stereocenters. The lowest BCUT2D eigenvalue weighted by Gasteiger charge is -2.38. The number of nitrogen functional groups attached to an aromatic ring is 1. The maximum atomic E-state index is 9.72. The van der Waals surface area contributed by atoms with Crippen LogP contribution < -0.4 is 10.5 Å². The van der Waals surface area contributed by atoms with Crippen molar-refractivity contribution in [2.45, 2.75) is 31.5 Å². The largest absolute Gasteiger partial charge is 0.484 e. The summed E-state index contributed by atoms with van der Waals surface area (Å²) in [6.45, 7) is 1.52. The molecule has 4 N–H and O–H groups in total. The molecule has 0 aliphatic carbocycles. The molecule has 4 nitrogen and oxygen atoms in total. The Labute approximate surface area is 94.7 Å². The number of aliphatic hydroxyl groups is 2. The molecule has 4 heteroatoms. The van der Waals surface area contributed by atoms with Crippen molar-refractivity contribution in [3.05, 3.63) is 23.8 Å². The van der Waals surface area contributed by atoms with E-state index in [-0.39, 0.29) is 6.61 Å². The van der Waals surface area contributed by atoms with E-state index in [1.54, 1.807) is 6.07 Å². The lowest BCUT2D eigenvalue weighted by atomic mass is 9.88. The Bertz CT molecular complexity index is 394. The van der Waals surface area contributed by atoms with Gasteiger partial charge in [0, 0.05) is 5.69 Å². The van der Waals surface area contributed by atoms with Gasteiger partial charge in [0.2, 0.25) is 0 Å². The fraction of sp³-hybridized carbons (Fsp3) is 0.500. The number of hydrogen-bond donors (Lipinski definition) is 3. The van der Waals surface area contributed by atoms with Gasteiger partial charge in [-0.05, 0) is 43.5 Å². The second kappa shape index (κ2) is 3.96. The summed E-state index contributed by atoms with van der Waals surface area (Å²) < 4.78 is 5.76. The predicted octanol–water partition coefficient (Wildman–Crippen LogP) is 0.706. The van der Waals surface area contributed by atoms with E-state index in [2.05, 4.69) is 0 Å². The van der Waals surface area contributed by atoms with Gasteiger partial charge >= 0.3 is 0 Å². The highest BCUT2D eigenvalue weighted by Gasteiger charge is 2.38. The Balaban J connectivity index is 2.27. The molecule has 2 rings (SSSR count). The van der Waals surface area contributed by atoms with E-state index in [9.17, 15) is 5.11 Å². The van der Waals surface area contributed by atoms with Gasteiger partial charge in [0.1, 0.15) is 17.5 Å². The Morgan fingerprint density at radius 2 is 2.31 bits per heavy atom. The second-order valence-electron chi connectivity index (χ2n) is 4.48. The summed E-state index contributed by atoms with van der Waals surface area (Å²) in [6, 6.07) is 5.47. The van der Waals surface area contributed by atoms with E-state index >= 15 is 0 Å². The third-order valence-corrected chi connectivity index (χ3v) is 3.20. The predicted molar refractivity (Wildman–Crippen MR) is 61.3 cm³/mol. The summed E-state index contributed by atoms with van der Waals surface area (Å²) in [4.78, 5) is 0. The number of anilines is 1. The van der Waals surface area contributed by atoms with Crippen LogP contribution in [0.5, 0.6) is 5.75 Å². The number of fused-ring (bicyclic) bond motifs is 1. The zero-order chi connectivity index (χ0) is 11.8. The normalized spacial score (nSPS) is 25.7. The van der Waals surface area contributed by atoms with Gasteiger partial charge in [0.25, 0.3) is 0 Å². The van der Waals surface area contributed by atoms with Gasteiger partial charge < -0.3 is 20.7 Å². The molecular weight excluding hydrogens is 206 g/mol. The summed E-state index contributed by atoms with van der Waals surface area (Å²) in [6.07, 6.45) is 0.609. The fourth-order valence-corrected chi connectivity index (χ4v) is 2.01. The summed E-state index contributed by atoms with van der Waals surface area (Å²) in [5.74, 6) is 0.746. The van der Waals surface area contributed by atoms with Gasteiger partial charge in [-0.25, -0.2) is 0 Å². The molecule has 0 amide bonds. The van der Waals surface area contributed by atoms with E-state index in [0.29, 0.717) is 12.1 Å². The molecule has 88 valence electrons. The highest BCUT2D eigenvalue weighted by molar-refractivity contribution is 5.49. The first-order valence-electron chi connectivity index (χ1n) is 5.41. The molecule has 1 heterocycles. The number of aliphatic hydroxyl groups excluding tert-OH is 2. The van der Waals surface area contributed by atoms with Crippen LogP contribution in [0.15, 0.2) is 18.2 Å². The summed E-state index contributed by atoms with van der Waals surface area (Å²) >= 11 is 0. The van der Waals surface area contributed by atoms with Crippen LogP contribution in [-0.4, -0.2) is 28.5 Å². The van der Waals surface area contributed by atoms with Crippen LogP contribution in [0.2, 0.25) is 0 Å². The van der Waals surface area contributed by atoms with Crippen molar-refractivity contribution in [3.8, 4) is 5.75 Å². The Morgan fingerprint density at radius 1 is 1.56 bits per heavy atom. The first-order chi connectivity index (χ1) is 7.55. The average Bonchev–Trinajstić information content (AvgIpc) is 2.28. The average molecular weight is 223 g/mol. The first kappa shape index (κ1) is 11.2. The van der Waals surface area contributed by atoms with Crippen LogP contribution in [0.1, 0.15) is 18.9 Å². The lowest BCUT2D eigenvalue weighted by Crippen LogP contribution is -2.49. The maximum Gasteiger partial charge on any atom is 0.135 e. The zero-order valence-electron chi connectivity index (χ0n) is 9.31. The van der Waals surface area contributed by atoms with Gasteiger partial charge in [-0.2, -0.15) is 0 Å². The number of nitrogens with two attached hydrogens (primary N) is 1. The number of aryl methyl sites for hydroxylation is 1. The van der Waals surface area contributed by atoms with Gasteiger partial charge in [0.15, 0.2) is 0 Å². The molecule has 0 saturated heterocycles. The van der Waals surface area contributed by atoms with E-state index < -0.39 is 11.7 Å². The summed E-state index contributed by atoms with van der Waals surface area (Å²) in [7, 11) is 0. The summed E-state index contributed by atoms with van der Waals surface area (Å²) in [5, 5.41) is 18.7. The van der Waals surface area contributed by atoms with Crippen molar-refractivity contribution in [1.29, 1.82) is 0 Å². The van der Waals surface area contributed by atoms with E-state index in [4.69, 9.17) is 15.6 Å². The third kappa shape index (κ3) is 1.86. The van der Waals surface area contributed by atoms with Crippen LogP contribution in [-0.2, 0) is 6.42 Å². The van der Waals surface area contributed by atoms with E-state index in [1.807, 2.05) is 19.1 Å². The van der Waals surface area contributed by atoms with Crippen molar-refractivity contribution in [2.75, 3.05) is 12.3 Å². The molecule has 0 bridgehead atoms. The molecule has 1 aromatic carbocycles. The quantitative estimate of drug-likeness (QED) is 0.645. The number of ether oxygens (including phenoxy) is 1. The minimum Gasteiger partial charge on any atom is -0.484 e. The van der Waals surface area contributed by atoms with Crippen molar-refractivity contribution < 1.29 is 14.9 Å². The standard InChI is InChI=1S/C12H17NO3/c1-12(11(15)7-14)5-4-8-6-9(13)2-3-10(8)16-12/h2-3,6,11,14-15H,4-5,7,13H2,1H3. The highest BCUT2D eigenvalue weighted by atomic mass is 16.5. The second-order valence-corrected chi connectivity index (χ2v) is 4.48. The van der Waals surface area contributed by atoms with Crippen molar-refractivity contribution in [3.63, 3.8) is 0 Å². The smallest absolute Gasteiger partial charge is 0.135 e. The maximum absolute atomic E-state index is 9.72. The molecular formula is C12H17NO3. The minimum atomic E-state index is -0.863. The topological polar surface area (TPSA) is 75.7 Å². The van der Waals surface area contributed by atoms with Crippen LogP contribution >= 0.6 is 0 Å². The monoisotopic (exact) mass is 223 g/mol. The number of hydrogen-bond acceptors (Lipinski definition) is 4. The molecule has 1 aliphatic rings. The molecule has 1 aromatic rings. The van der Waals surface area contributed by atoms with Crippen LogP contribution in [0.3, 0.4) is 0 Å². The van der Waals surface area contributed by atoms with Gasteiger partial charge in [-0.3, -0.25) is 0 Å². The van der Waals surface area contributed by atoms with Gasteiger partial charge in [-0.1, -0.05) is 0 Å². The van der Waals surface area contributed by atoms with E-state index in [1.165, 1.54) is 0 Å². The fourth-order valence-electron chi connectivity index (χ4n) is 2.01. The van der Waals surface area contributed by atoms with Crippen LogP contribution in [0.25, 0.3) is 0 Å². The highest BCUT2D eigenvalue weighted by Crippen LogP contribution is 2.35. The Morgan fingerprint density at radius 3 is 3.00 bits per heavy atom. The number of rotatable bonds is 2. The van der Waals surface area contributed by atoms with Gasteiger partial charge in [-0.15, -0.1) is 0 Å². The van der Waals surface area contributed by atoms with Crippen LogP contribution in [0, 0.1) is 0 Å². The third-order valence-electron chi connectivity index (χ3n) is 3.20. The minimum absolute atomic E-state index is 0.291.